The SMILES string of the molecule is CSCC[C@@H]1C(=O)O[C@@H](C(C)(C)C)N1C(=O)c1ccccc1. The summed E-state index contributed by atoms with van der Waals surface area (Å²) >= 11 is 1.66. The Balaban J connectivity index is 2.34. The summed E-state index contributed by atoms with van der Waals surface area (Å²) in [6.07, 6.45) is 2.08. The Bertz CT molecular complexity index is 539. The van der Waals surface area contributed by atoms with Crippen LogP contribution in [-0.2, 0) is 9.53 Å². The highest BCUT2D eigenvalue weighted by Crippen LogP contribution is 2.35. The first kappa shape index (κ1) is 16.9. The molecule has 5 heteroatoms. The van der Waals surface area contributed by atoms with Crippen LogP contribution in [0, 0.1) is 5.41 Å². The highest BCUT2D eigenvalue weighted by atomic mass is 32.2. The molecule has 0 N–H and O–H groups in total. The zero-order valence-electron chi connectivity index (χ0n) is 13.5. The molecule has 0 radical (unpaired) electrons. The molecule has 0 bridgehead atoms. The Morgan fingerprint density at radius 3 is 2.45 bits per heavy atom. The molecule has 22 heavy (non-hydrogen) atoms. The molecule has 120 valence electrons. The summed E-state index contributed by atoms with van der Waals surface area (Å²) in [5.74, 6) is 0.380. The average Bonchev–Trinajstić information content (AvgIpc) is 2.82. The highest BCUT2D eigenvalue weighted by Gasteiger charge is 2.49. The van der Waals surface area contributed by atoms with Crippen molar-refractivity contribution < 1.29 is 14.3 Å². The number of cyclic esters (lactones) is 1. The van der Waals surface area contributed by atoms with Crippen LogP contribution >= 0.6 is 11.8 Å². The van der Waals surface area contributed by atoms with E-state index in [0.29, 0.717) is 12.0 Å². The van der Waals surface area contributed by atoms with Gasteiger partial charge in [-0.25, -0.2) is 4.79 Å². The van der Waals surface area contributed by atoms with Crippen molar-refractivity contribution in [2.24, 2.45) is 5.41 Å². The Kier molecular flexibility index (Phi) is 5.16. The van der Waals surface area contributed by atoms with E-state index < -0.39 is 12.3 Å². The molecule has 2 atom stereocenters. The van der Waals surface area contributed by atoms with E-state index >= 15 is 0 Å². The van der Waals surface area contributed by atoms with Gasteiger partial charge < -0.3 is 4.74 Å². The molecule has 1 heterocycles. The normalized spacial score (nSPS) is 21.8. The number of hydrogen-bond donors (Lipinski definition) is 0. The monoisotopic (exact) mass is 321 g/mol. The smallest absolute Gasteiger partial charge is 0.330 e. The maximum absolute atomic E-state index is 12.9. The van der Waals surface area contributed by atoms with Gasteiger partial charge in [0.2, 0.25) is 0 Å². The number of hydrogen-bond acceptors (Lipinski definition) is 4. The van der Waals surface area contributed by atoms with E-state index in [1.165, 1.54) is 0 Å². The van der Waals surface area contributed by atoms with Crippen molar-refractivity contribution in [1.82, 2.24) is 4.90 Å². The third-order valence-electron chi connectivity index (χ3n) is 3.68. The maximum Gasteiger partial charge on any atom is 0.330 e. The molecular formula is C17H23NO3S. The van der Waals surface area contributed by atoms with Gasteiger partial charge in [0.1, 0.15) is 6.04 Å². The van der Waals surface area contributed by atoms with Crippen molar-refractivity contribution in [2.45, 2.75) is 39.5 Å². The van der Waals surface area contributed by atoms with Crippen LogP contribution in [0.15, 0.2) is 30.3 Å². The first-order chi connectivity index (χ1) is 10.4. The number of ether oxygens (including phenoxy) is 1. The molecule has 1 fully saturated rings. The summed E-state index contributed by atoms with van der Waals surface area (Å²) in [4.78, 5) is 26.8. The van der Waals surface area contributed by atoms with E-state index in [1.54, 1.807) is 28.8 Å². The number of benzene rings is 1. The largest absolute Gasteiger partial charge is 0.439 e. The standard InChI is InChI=1S/C17H23NO3S/c1-17(2,3)16-18(13(10-11-22-4)15(20)21-16)14(19)12-8-6-5-7-9-12/h5-9,13,16H,10-11H2,1-4H3/t13-,16+/m1/s1. The summed E-state index contributed by atoms with van der Waals surface area (Å²) in [6.45, 7) is 5.94. The van der Waals surface area contributed by atoms with Crippen molar-refractivity contribution >= 4 is 23.6 Å². The van der Waals surface area contributed by atoms with Gasteiger partial charge >= 0.3 is 5.97 Å². The third kappa shape index (κ3) is 3.46. The fourth-order valence-electron chi connectivity index (χ4n) is 2.58. The van der Waals surface area contributed by atoms with Gasteiger partial charge in [-0.3, -0.25) is 9.69 Å². The number of carbonyl (C=O) groups is 2. The highest BCUT2D eigenvalue weighted by molar-refractivity contribution is 7.98. The summed E-state index contributed by atoms with van der Waals surface area (Å²) in [7, 11) is 0. The van der Waals surface area contributed by atoms with Gasteiger partial charge in [0.25, 0.3) is 5.91 Å². The van der Waals surface area contributed by atoms with Gasteiger partial charge in [-0.2, -0.15) is 11.8 Å². The topological polar surface area (TPSA) is 46.6 Å². The van der Waals surface area contributed by atoms with Gasteiger partial charge in [-0.1, -0.05) is 39.0 Å². The number of thioether (sulfide) groups is 1. The first-order valence-corrected chi connectivity index (χ1v) is 8.83. The third-order valence-corrected chi connectivity index (χ3v) is 4.32. The van der Waals surface area contributed by atoms with Crippen LogP contribution in [0.4, 0.5) is 0 Å². The van der Waals surface area contributed by atoms with Crippen LogP contribution in [0.1, 0.15) is 37.6 Å². The molecule has 0 aliphatic carbocycles. The summed E-state index contributed by atoms with van der Waals surface area (Å²) in [6, 6.07) is 8.58. The minimum atomic E-state index is -0.528. The minimum absolute atomic E-state index is 0.141. The van der Waals surface area contributed by atoms with Gasteiger partial charge in [-0.05, 0) is 30.6 Å². The van der Waals surface area contributed by atoms with Crippen molar-refractivity contribution in [1.29, 1.82) is 0 Å². The van der Waals surface area contributed by atoms with Crippen LogP contribution in [0.5, 0.6) is 0 Å². The Hall–Kier alpha value is -1.49. The van der Waals surface area contributed by atoms with Crippen LogP contribution in [0.3, 0.4) is 0 Å². The molecule has 1 amide bonds. The lowest BCUT2D eigenvalue weighted by Crippen LogP contribution is -2.48. The second-order valence-corrected chi connectivity index (χ2v) is 7.52. The van der Waals surface area contributed by atoms with Crippen LogP contribution in [0.25, 0.3) is 0 Å². The second kappa shape index (κ2) is 6.73. The van der Waals surface area contributed by atoms with Gasteiger partial charge in [0.15, 0.2) is 6.23 Å². The van der Waals surface area contributed by atoms with Crippen molar-refractivity contribution in [3.8, 4) is 0 Å². The molecule has 1 aliphatic rings. The van der Waals surface area contributed by atoms with Crippen molar-refractivity contribution in [3.05, 3.63) is 35.9 Å². The quantitative estimate of drug-likeness (QED) is 0.799. The number of nitrogens with zero attached hydrogens (tertiary/aromatic N) is 1. The molecule has 0 unspecified atom stereocenters. The summed E-state index contributed by atoms with van der Waals surface area (Å²) in [5.41, 5.74) is 0.262. The summed E-state index contributed by atoms with van der Waals surface area (Å²) in [5, 5.41) is 0. The van der Waals surface area contributed by atoms with Gasteiger partial charge in [-0.15, -0.1) is 0 Å². The molecular weight excluding hydrogens is 298 g/mol. The molecule has 2 rings (SSSR count). The van der Waals surface area contributed by atoms with E-state index in [0.717, 1.165) is 5.75 Å². The van der Waals surface area contributed by atoms with Gasteiger partial charge in [0, 0.05) is 11.0 Å². The lowest BCUT2D eigenvalue weighted by molar-refractivity contribution is -0.147. The maximum atomic E-state index is 12.9. The predicted octanol–water partition coefficient (Wildman–Crippen LogP) is 3.18. The van der Waals surface area contributed by atoms with Crippen LogP contribution in [-0.4, -0.2) is 41.1 Å². The Morgan fingerprint density at radius 1 is 1.27 bits per heavy atom. The second-order valence-electron chi connectivity index (χ2n) is 6.53. The minimum Gasteiger partial charge on any atom is -0.439 e. The van der Waals surface area contributed by atoms with E-state index in [4.69, 9.17) is 4.74 Å². The summed E-state index contributed by atoms with van der Waals surface area (Å²) < 4.78 is 5.55. The number of rotatable bonds is 4. The molecule has 1 aliphatic heterocycles. The number of carbonyl (C=O) groups excluding carboxylic acids is 2. The fourth-order valence-corrected chi connectivity index (χ4v) is 3.04. The van der Waals surface area contributed by atoms with E-state index in [2.05, 4.69) is 0 Å². The lowest BCUT2D eigenvalue weighted by atomic mass is 9.92. The molecule has 1 saturated heterocycles. The molecule has 0 spiro atoms. The van der Waals surface area contributed by atoms with Crippen LogP contribution < -0.4 is 0 Å². The van der Waals surface area contributed by atoms with Crippen molar-refractivity contribution in [2.75, 3.05) is 12.0 Å². The van der Waals surface area contributed by atoms with E-state index in [-0.39, 0.29) is 17.3 Å². The molecule has 0 aromatic heterocycles. The van der Waals surface area contributed by atoms with E-state index in [1.807, 2.05) is 45.2 Å². The van der Waals surface area contributed by atoms with Crippen LogP contribution in [0.2, 0.25) is 0 Å². The molecule has 4 nitrogen and oxygen atoms in total. The lowest BCUT2D eigenvalue weighted by Gasteiger charge is -2.34. The Morgan fingerprint density at radius 2 is 1.91 bits per heavy atom. The molecule has 0 saturated carbocycles. The number of esters is 1. The zero-order valence-corrected chi connectivity index (χ0v) is 14.4. The first-order valence-electron chi connectivity index (χ1n) is 7.43. The average molecular weight is 321 g/mol. The fraction of sp³-hybridized carbons (Fsp3) is 0.529. The predicted molar refractivity (Wildman–Crippen MR) is 88.7 cm³/mol. The van der Waals surface area contributed by atoms with Crippen molar-refractivity contribution in [3.63, 3.8) is 0 Å². The van der Waals surface area contributed by atoms with Gasteiger partial charge in [0.05, 0.1) is 0 Å². The zero-order chi connectivity index (χ0) is 16.3. The van der Waals surface area contributed by atoms with E-state index in [9.17, 15) is 9.59 Å². The Labute approximate surface area is 136 Å². The number of amides is 1. The molecule has 1 aromatic carbocycles. The molecule has 1 aromatic rings.